The number of benzene rings is 2. The lowest BCUT2D eigenvalue weighted by Crippen LogP contribution is -2.31. The van der Waals surface area contributed by atoms with Gasteiger partial charge in [-0.05, 0) is 57.3 Å². The predicted molar refractivity (Wildman–Crippen MR) is 118 cm³/mol. The van der Waals surface area contributed by atoms with Gasteiger partial charge in [-0.3, -0.25) is 9.59 Å². The number of hydrogen-bond donors (Lipinski definition) is 1. The highest BCUT2D eigenvalue weighted by Gasteiger charge is 2.31. The van der Waals surface area contributed by atoms with Gasteiger partial charge in [-0.15, -0.1) is 0 Å². The van der Waals surface area contributed by atoms with Gasteiger partial charge in [0.15, 0.2) is 0 Å². The van der Waals surface area contributed by atoms with E-state index in [2.05, 4.69) is 10.4 Å². The Hall–Kier alpha value is -3.46. The molecular weight excluding hydrogens is 433 g/mol. The fourth-order valence-electron chi connectivity index (χ4n) is 3.54. The smallest absolute Gasteiger partial charge is 0.345 e. The van der Waals surface area contributed by atoms with Crippen molar-refractivity contribution in [1.82, 2.24) is 20.0 Å². The maximum absolute atomic E-state index is 13.1. The van der Waals surface area contributed by atoms with Crippen LogP contribution in [0.1, 0.15) is 38.4 Å². The zero-order chi connectivity index (χ0) is 24.3. The van der Waals surface area contributed by atoms with E-state index in [4.69, 9.17) is 0 Å². The third-order valence-corrected chi connectivity index (χ3v) is 5.12. The first-order valence-electron chi connectivity index (χ1n) is 10.3. The van der Waals surface area contributed by atoms with Crippen LogP contribution >= 0.6 is 0 Å². The van der Waals surface area contributed by atoms with E-state index in [1.807, 2.05) is 43.3 Å². The van der Waals surface area contributed by atoms with Crippen LogP contribution in [-0.4, -0.2) is 40.5 Å². The van der Waals surface area contributed by atoms with Gasteiger partial charge in [0, 0.05) is 13.1 Å². The van der Waals surface area contributed by atoms with Gasteiger partial charge in [0.1, 0.15) is 0 Å². The summed E-state index contributed by atoms with van der Waals surface area (Å²) in [6.07, 6.45) is -4.50. The zero-order valence-electron chi connectivity index (χ0n) is 18.8. The summed E-state index contributed by atoms with van der Waals surface area (Å²) in [6, 6.07) is 12.3. The van der Waals surface area contributed by atoms with Gasteiger partial charge < -0.3 is 10.2 Å². The van der Waals surface area contributed by atoms with E-state index >= 15 is 0 Å². The summed E-state index contributed by atoms with van der Waals surface area (Å²) >= 11 is 0. The van der Waals surface area contributed by atoms with Gasteiger partial charge in [-0.2, -0.15) is 18.3 Å². The highest BCUT2D eigenvalue weighted by atomic mass is 19.4. The minimum atomic E-state index is -4.50. The Balaban J connectivity index is 1.75. The average Bonchev–Trinajstić information content (AvgIpc) is 3.05. The largest absolute Gasteiger partial charge is 0.416 e. The molecule has 0 unspecified atom stereocenters. The number of carbonyl (C=O) groups excluding carboxylic acids is 2. The van der Waals surface area contributed by atoms with Crippen molar-refractivity contribution in [1.29, 1.82) is 0 Å². The quantitative estimate of drug-likeness (QED) is 0.428. The molecule has 0 spiro atoms. The Morgan fingerprint density at radius 3 is 2.27 bits per heavy atom. The third-order valence-electron chi connectivity index (χ3n) is 5.12. The number of nitrogens with zero attached hydrogens (tertiary/aromatic N) is 3. The summed E-state index contributed by atoms with van der Waals surface area (Å²) in [5.74, 6) is -1.59. The van der Waals surface area contributed by atoms with Gasteiger partial charge in [-0.1, -0.05) is 30.3 Å². The Labute approximate surface area is 190 Å². The van der Waals surface area contributed by atoms with E-state index in [1.54, 1.807) is 13.8 Å². The molecule has 0 saturated carbocycles. The fraction of sp³-hybridized carbons (Fsp3) is 0.292. The number of rotatable bonds is 7. The van der Waals surface area contributed by atoms with E-state index in [-0.39, 0.29) is 23.5 Å². The summed E-state index contributed by atoms with van der Waals surface area (Å²) < 4.78 is 40.4. The van der Waals surface area contributed by atoms with Crippen LogP contribution < -0.4 is 5.32 Å². The first kappa shape index (κ1) is 24.2. The number of carbonyl (C=O) groups is 2. The SMILES string of the molecule is Cc1nn(-c2cccc(C(F)(F)F)c2)c(C)c1C(=O)C(=O)NCc1ccc(CN(C)C)cc1. The van der Waals surface area contributed by atoms with Gasteiger partial charge in [0.05, 0.1) is 28.2 Å². The lowest BCUT2D eigenvalue weighted by Gasteiger charge is -2.11. The average molecular weight is 458 g/mol. The van der Waals surface area contributed by atoms with E-state index in [0.717, 1.165) is 29.8 Å². The van der Waals surface area contributed by atoms with Gasteiger partial charge in [-0.25, -0.2) is 4.68 Å². The Morgan fingerprint density at radius 1 is 1.03 bits per heavy atom. The Kier molecular flexibility index (Phi) is 7.02. The molecule has 1 N–H and O–H groups in total. The van der Waals surface area contributed by atoms with Crippen molar-refractivity contribution in [3.63, 3.8) is 0 Å². The number of aromatic nitrogens is 2. The first-order valence-corrected chi connectivity index (χ1v) is 10.3. The molecule has 1 aromatic heterocycles. The van der Waals surface area contributed by atoms with Crippen molar-refractivity contribution < 1.29 is 22.8 Å². The minimum Gasteiger partial charge on any atom is -0.345 e. The molecule has 0 saturated heterocycles. The lowest BCUT2D eigenvalue weighted by atomic mass is 10.1. The molecular formula is C24H25F3N4O2. The second-order valence-electron chi connectivity index (χ2n) is 8.07. The van der Waals surface area contributed by atoms with Crippen molar-refractivity contribution in [2.24, 2.45) is 0 Å². The van der Waals surface area contributed by atoms with Crippen LogP contribution in [0.4, 0.5) is 13.2 Å². The Bertz CT molecular complexity index is 1170. The number of nitrogens with one attached hydrogen (secondary N) is 1. The van der Waals surface area contributed by atoms with Crippen molar-refractivity contribution in [2.45, 2.75) is 33.1 Å². The van der Waals surface area contributed by atoms with E-state index in [0.29, 0.717) is 5.69 Å². The third kappa shape index (κ3) is 5.67. The molecule has 1 heterocycles. The highest BCUT2D eigenvalue weighted by molar-refractivity contribution is 6.43. The topological polar surface area (TPSA) is 67.2 Å². The van der Waals surface area contributed by atoms with Crippen LogP contribution in [0.15, 0.2) is 48.5 Å². The van der Waals surface area contributed by atoms with Gasteiger partial charge in [0.2, 0.25) is 0 Å². The van der Waals surface area contributed by atoms with Crippen molar-refractivity contribution >= 4 is 11.7 Å². The number of alkyl halides is 3. The Morgan fingerprint density at radius 2 is 1.67 bits per heavy atom. The highest BCUT2D eigenvalue weighted by Crippen LogP contribution is 2.31. The number of amides is 1. The van der Waals surface area contributed by atoms with Crippen LogP contribution in [-0.2, 0) is 24.1 Å². The summed E-state index contributed by atoms with van der Waals surface area (Å²) in [5, 5.41) is 6.81. The molecule has 0 atom stereocenters. The predicted octanol–water partition coefficient (Wildman–Crippen LogP) is 4.07. The second-order valence-corrected chi connectivity index (χ2v) is 8.07. The van der Waals surface area contributed by atoms with Crippen molar-refractivity contribution in [2.75, 3.05) is 14.1 Å². The normalized spacial score (nSPS) is 11.6. The zero-order valence-corrected chi connectivity index (χ0v) is 18.8. The molecule has 2 aromatic carbocycles. The summed E-state index contributed by atoms with van der Waals surface area (Å²) in [6.45, 7) is 4.05. The van der Waals surface area contributed by atoms with Crippen LogP contribution in [0.3, 0.4) is 0 Å². The van der Waals surface area contributed by atoms with Gasteiger partial charge in [0.25, 0.3) is 11.7 Å². The molecule has 0 aliphatic heterocycles. The molecule has 0 aliphatic rings. The molecule has 9 heteroatoms. The van der Waals surface area contributed by atoms with Crippen molar-refractivity contribution in [3.8, 4) is 5.69 Å². The summed E-state index contributed by atoms with van der Waals surface area (Å²) in [5.41, 5.74) is 1.92. The molecule has 174 valence electrons. The monoisotopic (exact) mass is 458 g/mol. The van der Waals surface area contributed by atoms with E-state index < -0.39 is 23.4 Å². The number of aryl methyl sites for hydroxylation is 1. The number of hydrogen-bond acceptors (Lipinski definition) is 4. The first-order chi connectivity index (χ1) is 15.5. The fourth-order valence-corrected chi connectivity index (χ4v) is 3.54. The molecule has 3 aromatic rings. The second kappa shape index (κ2) is 9.58. The summed E-state index contributed by atoms with van der Waals surface area (Å²) in [4.78, 5) is 27.4. The van der Waals surface area contributed by atoms with Crippen molar-refractivity contribution in [3.05, 3.63) is 82.2 Å². The van der Waals surface area contributed by atoms with Crippen LogP contribution in [0, 0.1) is 13.8 Å². The van der Waals surface area contributed by atoms with E-state index in [1.165, 1.54) is 16.8 Å². The molecule has 0 fully saturated rings. The molecule has 1 amide bonds. The van der Waals surface area contributed by atoms with E-state index in [9.17, 15) is 22.8 Å². The number of ketones is 1. The number of halogens is 3. The maximum atomic E-state index is 13.1. The molecule has 0 radical (unpaired) electrons. The maximum Gasteiger partial charge on any atom is 0.416 e. The number of Topliss-reactive ketones (excluding diaryl/α,β-unsaturated/α-hetero) is 1. The van der Waals surface area contributed by atoms with Crippen LogP contribution in [0.2, 0.25) is 0 Å². The van der Waals surface area contributed by atoms with Gasteiger partial charge >= 0.3 is 6.18 Å². The lowest BCUT2D eigenvalue weighted by molar-refractivity contribution is -0.137. The van der Waals surface area contributed by atoms with Crippen LogP contribution in [0.5, 0.6) is 0 Å². The standard InChI is InChI=1S/C24H25F3N4O2/c1-15-21(16(2)31(29-15)20-7-5-6-19(12-20)24(25,26)27)22(32)23(33)28-13-17-8-10-18(11-9-17)14-30(3)4/h5-12H,13-14H2,1-4H3,(H,28,33). The minimum absolute atomic E-state index is 0.0752. The molecule has 0 bridgehead atoms. The van der Waals surface area contributed by atoms with Crippen LogP contribution in [0.25, 0.3) is 5.69 Å². The molecule has 3 rings (SSSR count). The summed E-state index contributed by atoms with van der Waals surface area (Å²) in [7, 11) is 3.94. The molecule has 33 heavy (non-hydrogen) atoms. The molecule has 6 nitrogen and oxygen atoms in total. The molecule has 0 aliphatic carbocycles.